The third kappa shape index (κ3) is 5.20. The standard InChI is InChI=1S/C13H23BrN2O3S/c1-5-6-10(4)16-20(17,18)12-7-11(19-13(12)14)8-15-9(2)3/h7,9-10,15-16H,5-6,8H2,1-4H3. The lowest BCUT2D eigenvalue weighted by Crippen LogP contribution is -2.32. The fourth-order valence-electron chi connectivity index (χ4n) is 1.79. The van der Waals surface area contributed by atoms with Gasteiger partial charge < -0.3 is 9.73 Å². The van der Waals surface area contributed by atoms with E-state index in [4.69, 9.17) is 4.42 Å². The molecule has 0 saturated heterocycles. The average Bonchev–Trinajstić information content (AvgIpc) is 2.68. The SMILES string of the molecule is CCCC(C)NS(=O)(=O)c1cc(CNC(C)C)oc1Br. The minimum atomic E-state index is -3.55. The van der Waals surface area contributed by atoms with Gasteiger partial charge in [0, 0.05) is 18.2 Å². The molecule has 5 nitrogen and oxygen atoms in total. The molecule has 1 aromatic heterocycles. The number of sulfonamides is 1. The molecule has 116 valence electrons. The molecule has 2 N–H and O–H groups in total. The van der Waals surface area contributed by atoms with Gasteiger partial charge in [0.05, 0.1) is 6.54 Å². The van der Waals surface area contributed by atoms with E-state index in [0.29, 0.717) is 18.3 Å². The zero-order valence-electron chi connectivity index (χ0n) is 12.4. The molecule has 0 aliphatic heterocycles. The summed E-state index contributed by atoms with van der Waals surface area (Å²) in [4.78, 5) is 0.154. The summed E-state index contributed by atoms with van der Waals surface area (Å²) in [6.45, 7) is 8.41. The molecule has 0 fully saturated rings. The zero-order valence-corrected chi connectivity index (χ0v) is 14.8. The topological polar surface area (TPSA) is 71.3 Å². The normalized spacial score (nSPS) is 13.9. The molecule has 0 bridgehead atoms. The summed E-state index contributed by atoms with van der Waals surface area (Å²) in [7, 11) is -3.55. The van der Waals surface area contributed by atoms with Gasteiger partial charge in [-0.25, -0.2) is 13.1 Å². The minimum Gasteiger partial charge on any atom is -0.452 e. The number of nitrogens with one attached hydrogen (secondary N) is 2. The number of furan rings is 1. The summed E-state index contributed by atoms with van der Waals surface area (Å²) in [5.74, 6) is 0.592. The van der Waals surface area contributed by atoms with Crippen molar-refractivity contribution in [3.05, 3.63) is 16.5 Å². The van der Waals surface area contributed by atoms with Crippen molar-refractivity contribution in [1.29, 1.82) is 0 Å². The maximum absolute atomic E-state index is 12.3. The number of halogens is 1. The molecular formula is C13H23BrN2O3S. The van der Waals surface area contributed by atoms with Gasteiger partial charge in [0.2, 0.25) is 10.0 Å². The van der Waals surface area contributed by atoms with E-state index in [1.165, 1.54) is 0 Å². The minimum absolute atomic E-state index is 0.0935. The van der Waals surface area contributed by atoms with Crippen LogP contribution in [0.1, 0.15) is 46.3 Å². The Labute approximate surface area is 129 Å². The van der Waals surface area contributed by atoms with E-state index in [1.807, 2.05) is 27.7 Å². The highest BCUT2D eigenvalue weighted by molar-refractivity contribution is 9.10. The van der Waals surface area contributed by atoms with Crippen molar-refractivity contribution in [2.45, 2.75) is 64.1 Å². The molecule has 0 aliphatic rings. The lowest BCUT2D eigenvalue weighted by molar-refractivity contribution is 0.446. The summed E-state index contributed by atoms with van der Waals surface area (Å²) >= 11 is 3.18. The highest BCUT2D eigenvalue weighted by atomic mass is 79.9. The van der Waals surface area contributed by atoms with Crippen LogP contribution in [-0.4, -0.2) is 20.5 Å². The number of hydrogen-bond acceptors (Lipinski definition) is 4. The van der Waals surface area contributed by atoms with Gasteiger partial charge in [-0.15, -0.1) is 0 Å². The second kappa shape index (κ2) is 7.59. The molecule has 0 saturated carbocycles. The zero-order chi connectivity index (χ0) is 15.3. The molecule has 1 heterocycles. The predicted octanol–water partition coefficient (Wildman–Crippen LogP) is 3.01. The molecule has 0 spiro atoms. The molecule has 1 unspecified atom stereocenters. The Morgan fingerprint density at radius 1 is 1.35 bits per heavy atom. The van der Waals surface area contributed by atoms with Crippen LogP contribution in [0.3, 0.4) is 0 Å². The molecule has 0 aliphatic carbocycles. The van der Waals surface area contributed by atoms with E-state index in [1.54, 1.807) is 6.07 Å². The van der Waals surface area contributed by atoms with Gasteiger partial charge in [0.25, 0.3) is 0 Å². The Morgan fingerprint density at radius 2 is 2.00 bits per heavy atom. The van der Waals surface area contributed by atoms with Gasteiger partial charge in [-0.3, -0.25) is 0 Å². The first-order valence-electron chi connectivity index (χ1n) is 6.80. The molecule has 0 radical (unpaired) electrons. The summed E-state index contributed by atoms with van der Waals surface area (Å²) in [5, 5.41) is 3.19. The molecule has 20 heavy (non-hydrogen) atoms. The van der Waals surface area contributed by atoms with E-state index >= 15 is 0 Å². The van der Waals surface area contributed by atoms with Crippen LogP contribution >= 0.6 is 15.9 Å². The van der Waals surface area contributed by atoms with Crippen LogP contribution in [0.15, 0.2) is 20.0 Å². The highest BCUT2D eigenvalue weighted by Crippen LogP contribution is 2.26. The number of hydrogen-bond donors (Lipinski definition) is 2. The van der Waals surface area contributed by atoms with Crippen LogP contribution < -0.4 is 10.0 Å². The average molecular weight is 367 g/mol. The van der Waals surface area contributed by atoms with Crippen LogP contribution in [0, 0.1) is 0 Å². The Morgan fingerprint density at radius 3 is 2.55 bits per heavy atom. The van der Waals surface area contributed by atoms with Crippen LogP contribution in [-0.2, 0) is 16.6 Å². The first kappa shape index (κ1) is 17.7. The Kier molecular flexibility index (Phi) is 6.71. The van der Waals surface area contributed by atoms with Crippen molar-refractivity contribution in [2.24, 2.45) is 0 Å². The maximum Gasteiger partial charge on any atom is 0.245 e. The largest absolute Gasteiger partial charge is 0.452 e. The van der Waals surface area contributed by atoms with Gasteiger partial charge >= 0.3 is 0 Å². The van der Waals surface area contributed by atoms with E-state index in [2.05, 4.69) is 26.0 Å². The quantitative estimate of drug-likeness (QED) is 0.741. The highest BCUT2D eigenvalue weighted by Gasteiger charge is 2.24. The molecule has 1 rings (SSSR count). The molecule has 0 aromatic carbocycles. The van der Waals surface area contributed by atoms with Gasteiger partial charge in [-0.05, 0) is 29.3 Å². The number of rotatable bonds is 8. The maximum atomic E-state index is 12.3. The van der Waals surface area contributed by atoms with E-state index in [0.717, 1.165) is 12.8 Å². The van der Waals surface area contributed by atoms with Crippen molar-refractivity contribution in [3.8, 4) is 0 Å². The second-order valence-electron chi connectivity index (χ2n) is 5.20. The van der Waals surface area contributed by atoms with Gasteiger partial charge in [0.1, 0.15) is 10.7 Å². The molecule has 7 heteroatoms. The Hall–Kier alpha value is -0.370. The smallest absolute Gasteiger partial charge is 0.245 e. The predicted molar refractivity (Wildman–Crippen MR) is 83.1 cm³/mol. The Balaban J connectivity index is 2.84. The monoisotopic (exact) mass is 366 g/mol. The Bertz CT molecular complexity index is 526. The van der Waals surface area contributed by atoms with Crippen molar-refractivity contribution in [1.82, 2.24) is 10.0 Å². The van der Waals surface area contributed by atoms with Crippen LogP contribution in [0.5, 0.6) is 0 Å². The first-order chi connectivity index (χ1) is 9.26. The molecular weight excluding hydrogens is 344 g/mol. The van der Waals surface area contributed by atoms with Crippen LogP contribution in [0.25, 0.3) is 0 Å². The van der Waals surface area contributed by atoms with E-state index in [9.17, 15) is 8.42 Å². The van der Waals surface area contributed by atoms with Crippen LogP contribution in [0.4, 0.5) is 0 Å². The molecule has 1 atom stereocenters. The molecule has 0 amide bonds. The summed E-state index contributed by atoms with van der Waals surface area (Å²) in [5.41, 5.74) is 0. The van der Waals surface area contributed by atoms with Gasteiger partial charge in [-0.2, -0.15) is 0 Å². The van der Waals surface area contributed by atoms with Crippen molar-refractivity contribution in [2.75, 3.05) is 0 Å². The second-order valence-corrected chi connectivity index (χ2v) is 7.60. The lowest BCUT2D eigenvalue weighted by atomic mass is 10.2. The summed E-state index contributed by atoms with van der Waals surface area (Å²) in [6.07, 6.45) is 1.73. The van der Waals surface area contributed by atoms with Gasteiger partial charge in [0.15, 0.2) is 4.67 Å². The fourth-order valence-corrected chi connectivity index (χ4v) is 4.07. The first-order valence-corrected chi connectivity index (χ1v) is 9.07. The van der Waals surface area contributed by atoms with Crippen molar-refractivity contribution >= 4 is 26.0 Å². The fraction of sp³-hybridized carbons (Fsp3) is 0.692. The van der Waals surface area contributed by atoms with Crippen molar-refractivity contribution in [3.63, 3.8) is 0 Å². The van der Waals surface area contributed by atoms with Crippen molar-refractivity contribution < 1.29 is 12.8 Å². The lowest BCUT2D eigenvalue weighted by Gasteiger charge is -2.12. The van der Waals surface area contributed by atoms with E-state index in [-0.39, 0.29) is 15.6 Å². The third-order valence-corrected chi connectivity index (χ3v) is 5.21. The van der Waals surface area contributed by atoms with Crippen LogP contribution in [0.2, 0.25) is 0 Å². The third-order valence-electron chi connectivity index (χ3n) is 2.76. The van der Waals surface area contributed by atoms with Gasteiger partial charge in [-0.1, -0.05) is 27.2 Å². The molecule has 1 aromatic rings. The van der Waals surface area contributed by atoms with E-state index < -0.39 is 10.0 Å². The summed E-state index contributed by atoms with van der Waals surface area (Å²) in [6, 6.07) is 1.77. The summed E-state index contributed by atoms with van der Waals surface area (Å²) < 4.78 is 32.9.